The molecule has 1 N–H and O–H groups in total. The van der Waals surface area contributed by atoms with Crippen molar-refractivity contribution in [1.29, 1.82) is 0 Å². The van der Waals surface area contributed by atoms with Gasteiger partial charge in [-0.1, -0.05) is 6.92 Å². The van der Waals surface area contributed by atoms with Gasteiger partial charge in [-0.2, -0.15) is 5.10 Å². The van der Waals surface area contributed by atoms with E-state index in [0.717, 1.165) is 30.8 Å². The molecule has 0 aromatic carbocycles. The smallest absolute Gasteiger partial charge is 0.0756 e. The van der Waals surface area contributed by atoms with Crippen molar-refractivity contribution in [2.24, 2.45) is 7.05 Å². The molecule has 102 valence electrons. The molecular weight excluding hydrogens is 238 g/mol. The molecular formula is C14H21N5. The Morgan fingerprint density at radius 1 is 1.26 bits per heavy atom. The zero-order chi connectivity index (χ0) is 13.7. The highest BCUT2D eigenvalue weighted by atomic mass is 15.2. The summed E-state index contributed by atoms with van der Waals surface area (Å²) in [5.41, 5.74) is 3.22. The van der Waals surface area contributed by atoms with Crippen LogP contribution in [0.2, 0.25) is 0 Å². The van der Waals surface area contributed by atoms with Crippen molar-refractivity contribution in [3.8, 4) is 0 Å². The highest BCUT2D eigenvalue weighted by molar-refractivity contribution is 5.09. The fourth-order valence-corrected chi connectivity index (χ4v) is 2.10. The van der Waals surface area contributed by atoms with Gasteiger partial charge < -0.3 is 5.32 Å². The standard InChI is InChI=1S/C14H21N5/c1-4-15-13(14-9-16-11(2)7-17-14)6-5-12-8-18-19(3)10-12/h7-10,13,15H,4-6H2,1-3H3. The minimum atomic E-state index is 0.248. The van der Waals surface area contributed by atoms with E-state index in [-0.39, 0.29) is 6.04 Å². The van der Waals surface area contributed by atoms with Crippen LogP contribution < -0.4 is 5.32 Å². The van der Waals surface area contributed by atoms with Crippen LogP contribution >= 0.6 is 0 Å². The zero-order valence-electron chi connectivity index (χ0n) is 11.8. The topological polar surface area (TPSA) is 55.6 Å². The number of hydrogen-bond acceptors (Lipinski definition) is 4. The molecule has 19 heavy (non-hydrogen) atoms. The molecule has 0 saturated carbocycles. The molecule has 0 aliphatic heterocycles. The lowest BCUT2D eigenvalue weighted by Crippen LogP contribution is -2.22. The summed E-state index contributed by atoms with van der Waals surface area (Å²) in [6, 6.07) is 0.248. The van der Waals surface area contributed by atoms with Crippen molar-refractivity contribution in [3.05, 3.63) is 41.7 Å². The molecule has 1 unspecified atom stereocenters. The van der Waals surface area contributed by atoms with E-state index < -0.39 is 0 Å². The first kappa shape index (κ1) is 13.7. The Kier molecular flexibility index (Phi) is 4.63. The van der Waals surface area contributed by atoms with Crippen molar-refractivity contribution in [2.75, 3.05) is 6.54 Å². The average Bonchev–Trinajstić information content (AvgIpc) is 2.81. The fraction of sp³-hybridized carbons (Fsp3) is 0.500. The predicted octanol–water partition coefficient (Wildman–Crippen LogP) is 1.80. The minimum Gasteiger partial charge on any atom is -0.309 e. The molecule has 0 fully saturated rings. The third kappa shape index (κ3) is 3.86. The molecule has 0 spiro atoms. The summed E-state index contributed by atoms with van der Waals surface area (Å²) in [7, 11) is 1.94. The third-order valence-corrected chi connectivity index (χ3v) is 3.09. The van der Waals surface area contributed by atoms with Crippen molar-refractivity contribution in [2.45, 2.75) is 32.7 Å². The lowest BCUT2D eigenvalue weighted by Gasteiger charge is -2.16. The van der Waals surface area contributed by atoms with Crippen LogP contribution in [0.25, 0.3) is 0 Å². The number of aromatic nitrogens is 4. The van der Waals surface area contributed by atoms with Gasteiger partial charge in [0, 0.05) is 19.4 Å². The summed E-state index contributed by atoms with van der Waals surface area (Å²) < 4.78 is 1.84. The van der Waals surface area contributed by atoms with Gasteiger partial charge in [-0.25, -0.2) is 0 Å². The first-order valence-electron chi connectivity index (χ1n) is 6.68. The quantitative estimate of drug-likeness (QED) is 0.859. The molecule has 5 nitrogen and oxygen atoms in total. The maximum absolute atomic E-state index is 4.47. The number of nitrogens with zero attached hydrogens (tertiary/aromatic N) is 4. The van der Waals surface area contributed by atoms with E-state index in [1.54, 1.807) is 0 Å². The van der Waals surface area contributed by atoms with E-state index in [1.165, 1.54) is 5.56 Å². The van der Waals surface area contributed by atoms with E-state index >= 15 is 0 Å². The Morgan fingerprint density at radius 2 is 2.11 bits per heavy atom. The lowest BCUT2D eigenvalue weighted by molar-refractivity contribution is 0.501. The van der Waals surface area contributed by atoms with Crippen LogP contribution in [0.5, 0.6) is 0 Å². The summed E-state index contributed by atoms with van der Waals surface area (Å²) in [6.45, 7) is 4.99. The van der Waals surface area contributed by atoms with Gasteiger partial charge in [0.25, 0.3) is 0 Å². The molecule has 2 rings (SSSR count). The minimum absolute atomic E-state index is 0.248. The van der Waals surface area contributed by atoms with Gasteiger partial charge in [-0.3, -0.25) is 14.6 Å². The van der Waals surface area contributed by atoms with Gasteiger partial charge in [0.1, 0.15) is 0 Å². The Bertz CT molecular complexity index is 503. The normalized spacial score (nSPS) is 12.6. The Balaban J connectivity index is 2.01. The summed E-state index contributed by atoms with van der Waals surface area (Å²) in [5.74, 6) is 0. The fourth-order valence-electron chi connectivity index (χ4n) is 2.10. The van der Waals surface area contributed by atoms with Crippen molar-refractivity contribution >= 4 is 0 Å². The summed E-state index contributed by atoms with van der Waals surface area (Å²) in [6.07, 6.45) is 9.65. The molecule has 1 atom stereocenters. The Labute approximate surface area is 114 Å². The van der Waals surface area contributed by atoms with Crippen LogP contribution in [0.3, 0.4) is 0 Å². The van der Waals surface area contributed by atoms with Crippen LogP contribution in [0.15, 0.2) is 24.8 Å². The highest BCUT2D eigenvalue weighted by Gasteiger charge is 2.12. The maximum Gasteiger partial charge on any atom is 0.0756 e. The Hall–Kier alpha value is -1.75. The first-order chi connectivity index (χ1) is 9.19. The molecule has 0 bridgehead atoms. The van der Waals surface area contributed by atoms with Gasteiger partial charge in [0.15, 0.2) is 0 Å². The monoisotopic (exact) mass is 259 g/mol. The zero-order valence-corrected chi connectivity index (χ0v) is 11.8. The van der Waals surface area contributed by atoms with Gasteiger partial charge >= 0.3 is 0 Å². The summed E-state index contributed by atoms with van der Waals surface area (Å²) in [4.78, 5) is 8.79. The SMILES string of the molecule is CCNC(CCc1cnn(C)c1)c1cnc(C)cn1. The second-order valence-electron chi connectivity index (χ2n) is 4.75. The van der Waals surface area contributed by atoms with Crippen molar-refractivity contribution in [3.63, 3.8) is 0 Å². The van der Waals surface area contributed by atoms with E-state index in [4.69, 9.17) is 0 Å². The van der Waals surface area contributed by atoms with Crippen molar-refractivity contribution < 1.29 is 0 Å². The molecule has 0 aliphatic carbocycles. The van der Waals surface area contributed by atoms with Crippen LogP contribution in [0, 0.1) is 6.92 Å². The van der Waals surface area contributed by atoms with E-state index in [1.807, 2.05) is 37.2 Å². The van der Waals surface area contributed by atoms with Gasteiger partial charge in [0.05, 0.1) is 29.8 Å². The molecule has 0 radical (unpaired) electrons. The second kappa shape index (κ2) is 6.43. The number of aryl methyl sites for hydroxylation is 3. The van der Waals surface area contributed by atoms with Crippen LogP contribution in [0.1, 0.15) is 36.3 Å². The van der Waals surface area contributed by atoms with Crippen molar-refractivity contribution in [1.82, 2.24) is 25.1 Å². The predicted molar refractivity (Wildman–Crippen MR) is 74.7 cm³/mol. The highest BCUT2D eigenvalue weighted by Crippen LogP contribution is 2.16. The molecule has 0 aliphatic rings. The number of nitrogens with one attached hydrogen (secondary N) is 1. The summed E-state index contributed by atoms with van der Waals surface area (Å²) >= 11 is 0. The maximum atomic E-state index is 4.47. The second-order valence-corrected chi connectivity index (χ2v) is 4.75. The van der Waals surface area contributed by atoms with E-state index in [2.05, 4.69) is 33.5 Å². The van der Waals surface area contributed by atoms with E-state index in [9.17, 15) is 0 Å². The largest absolute Gasteiger partial charge is 0.309 e. The van der Waals surface area contributed by atoms with Crippen LogP contribution in [-0.4, -0.2) is 26.3 Å². The third-order valence-electron chi connectivity index (χ3n) is 3.09. The van der Waals surface area contributed by atoms with Crippen LogP contribution in [0.4, 0.5) is 0 Å². The molecule has 5 heteroatoms. The molecule has 0 amide bonds. The number of hydrogen-bond donors (Lipinski definition) is 1. The van der Waals surface area contributed by atoms with Gasteiger partial charge in [-0.15, -0.1) is 0 Å². The number of rotatable bonds is 6. The Morgan fingerprint density at radius 3 is 2.68 bits per heavy atom. The first-order valence-corrected chi connectivity index (χ1v) is 6.68. The molecule has 2 heterocycles. The molecule has 2 aromatic rings. The molecule has 0 saturated heterocycles. The summed E-state index contributed by atoms with van der Waals surface area (Å²) in [5, 5.41) is 7.66. The van der Waals surface area contributed by atoms with Crippen LogP contribution in [-0.2, 0) is 13.5 Å². The average molecular weight is 259 g/mol. The van der Waals surface area contributed by atoms with Gasteiger partial charge in [-0.05, 0) is 31.9 Å². The van der Waals surface area contributed by atoms with E-state index in [0.29, 0.717) is 0 Å². The molecule has 2 aromatic heterocycles. The van der Waals surface area contributed by atoms with Gasteiger partial charge in [0.2, 0.25) is 0 Å². The lowest BCUT2D eigenvalue weighted by atomic mass is 10.1.